The van der Waals surface area contributed by atoms with Crippen LogP contribution in [0.2, 0.25) is 0 Å². The van der Waals surface area contributed by atoms with E-state index in [9.17, 15) is 0 Å². The van der Waals surface area contributed by atoms with Crippen LogP contribution in [0.3, 0.4) is 0 Å². The maximum absolute atomic E-state index is 4.35. The molecule has 1 saturated heterocycles. The number of aryl methyl sites for hydroxylation is 1. The van der Waals surface area contributed by atoms with E-state index in [4.69, 9.17) is 0 Å². The van der Waals surface area contributed by atoms with Crippen molar-refractivity contribution >= 4 is 5.95 Å². The summed E-state index contributed by atoms with van der Waals surface area (Å²) < 4.78 is 0. The second kappa shape index (κ2) is 3.95. The highest BCUT2D eigenvalue weighted by Gasteiger charge is 2.17. The molecule has 76 valence electrons. The third kappa shape index (κ3) is 2.03. The Labute approximate surface area is 85.2 Å². The van der Waals surface area contributed by atoms with Crippen molar-refractivity contribution in [2.45, 2.75) is 26.7 Å². The van der Waals surface area contributed by atoms with Crippen LogP contribution in [0.4, 0.5) is 5.95 Å². The van der Waals surface area contributed by atoms with Crippen molar-refractivity contribution in [3.8, 4) is 0 Å². The molecule has 1 atom stereocenters. The Morgan fingerprint density at radius 2 is 2.07 bits per heavy atom. The molecule has 0 spiro atoms. The Morgan fingerprint density at radius 3 is 2.71 bits per heavy atom. The van der Waals surface area contributed by atoms with Gasteiger partial charge in [0.25, 0.3) is 0 Å². The second-order valence-electron chi connectivity index (χ2n) is 4.25. The van der Waals surface area contributed by atoms with Gasteiger partial charge < -0.3 is 4.90 Å². The largest absolute Gasteiger partial charge is 0.341 e. The molecule has 0 N–H and O–H groups in total. The SMILES string of the molecule is Cc1cnc(N2CCCC(C)C2)nc1. The van der Waals surface area contributed by atoms with Crippen molar-refractivity contribution in [2.75, 3.05) is 18.0 Å². The molecule has 0 aliphatic carbocycles. The molecular formula is C11H17N3. The zero-order chi connectivity index (χ0) is 9.97. The number of nitrogens with zero attached hydrogens (tertiary/aromatic N) is 3. The zero-order valence-electron chi connectivity index (χ0n) is 8.90. The Balaban J connectivity index is 2.10. The molecule has 0 radical (unpaired) electrons. The molecule has 0 bridgehead atoms. The van der Waals surface area contributed by atoms with Crippen LogP contribution in [0, 0.1) is 12.8 Å². The quantitative estimate of drug-likeness (QED) is 0.680. The van der Waals surface area contributed by atoms with Crippen molar-refractivity contribution in [2.24, 2.45) is 5.92 Å². The molecule has 1 aromatic heterocycles. The smallest absolute Gasteiger partial charge is 0.225 e. The van der Waals surface area contributed by atoms with Gasteiger partial charge in [0.05, 0.1) is 0 Å². The minimum absolute atomic E-state index is 0.772. The Hall–Kier alpha value is -1.12. The number of hydrogen-bond donors (Lipinski definition) is 0. The number of hydrogen-bond acceptors (Lipinski definition) is 3. The van der Waals surface area contributed by atoms with Crippen molar-refractivity contribution in [1.29, 1.82) is 0 Å². The topological polar surface area (TPSA) is 29.0 Å². The lowest BCUT2D eigenvalue weighted by Crippen LogP contribution is -2.35. The third-order valence-electron chi connectivity index (χ3n) is 2.71. The summed E-state index contributed by atoms with van der Waals surface area (Å²) in [5, 5.41) is 0. The molecule has 0 aromatic carbocycles. The van der Waals surface area contributed by atoms with Gasteiger partial charge in [-0.2, -0.15) is 0 Å². The summed E-state index contributed by atoms with van der Waals surface area (Å²) in [4.78, 5) is 11.0. The Morgan fingerprint density at radius 1 is 1.36 bits per heavy atom. The highest BCUT2D eigenvalue weighted by atomic mass is 15.2. The van der Waals surface area contributed by atoms with Crippen LogP contribution >= 0.6 is 0 Å². The minimum Gasteiger partial charge on any atom is -0.341 e. The first-order valence-corrected chi connectivity index (χ1v) is 5.29. The van der Waals surface area contributed by atoms with Crippen LogP contribution < -0.4 is 4.90 Å². The molecule has 3 nitrogen and oxygen atoms in total. The highest BCUT2D eigenvalue weighted by molar-refractivity contribution is 5.30. The van der Waals surface area contributed by atoms with Crippen molar-refractivity contribution in [1.82, 2.24) is 9.97 Å². The summed E-state index contributed by atoms with van der Waals surface area (Å²) in [7, 11) is 0. The van der Waals surface area contributed by atoms with Gasteiger partial charge in [-0.1, -0.05) is 6.92 Å². The first kappa shape index (κ1) is 9.44. The summed E-state index contributed by atoms with van der Waals surface area (Å²) in [6.07, 6.45) is 6.38. The lowest BCUT2D eigenvalue weighted by molar-refractivity contribution is 0.442. The van der Waals surface area contributed by atoms with E-state index in [-0.39, 0.29) is 0 Å². The standard InChI is InChI=1S/C11H17N3/c1-9-4-3-5-14(8-9)11-12-6-10(2)7-13-11/h6-7,9H,3-5,8H2,1-2H3. The lowest BCUT2D eigenvalue weighted by atomic mass is 10.0. The van der Waals surface area contributed by atoms with E-state index in [2.05, 4.69) is 21.8 Å². The Bertz CT molecular complexity index is 294. The highest BCUT2D eigenvalue weighted by Crippen LogP contribution is 2.19. The van der Waals surface area contributed by atoms with Crippen molar-refractivity contribution in [3.63, 3.8) is 0 Å². The summed E-state index contributed by atoms with van der Waals surface area (Å²) in [5.74, 6) is 1.66. The van der Waals surface area contributed by atoms with Gasteiger partial charge in [0.1, 0.15) is 0 Å². The van der Waals surface area contributed by atoms with E-state index < -0.39 is 0 Å². The van der Waals surface area contributed by atoms with Gasteiger partial charge >= 0.3 is 0 Å². The zero-order valence-corrected chi connectivity index (χ0v) is 8.90. The van der Waals surface area contributed by atoms with Crippen molar-refractivity contribution in [3.05, 3.63) is 18.0 Å². The van der Waals surface area contributed by atoms with E-state index in [1.54, 1.807) is 0 Å². The minimum atomic E-state index is 0.772. The number of rotatable bonds is 1. The van der Waals surface area contributed by atoms with Gasteiger partial charge in [-0.15, -0.1) is 0 Å². The van der Waals surface area contributed by atoms with Gasteiger partial charge in [-0.05, 0) is 31.2 Å². The first-order chi connectivity index (χ1) is 6.75. The maximum Gasteiger partial charge on any atom is 0.225 e. The third-order valence-corrected chi connectivity index (χ3v) is 2.71. The lowest BCUT2D eigenvalue weighted by Gasteiger charge is -2.30. The molecule has 1 aromatic rings. The molecule has 1 fully saturated rings. The van der Waals surface area contributed by atoms with Gasteiger partial charge in [0.2, 0.25) is 5.95 Å². The average Bonchev–Trinajstić information content (AvgIpc) is 2.19. The molecule has 2 rings (SSSR count). The van der Waals surface area contributed by atoms with Gasteiger partial charge in [0.15, 0.2) is 0 Å². The van der Waals surface area contributed by atoms with E-state index >= 15 is 0 Å². The van der Waals surface area contributed by atoms with Crippen LogP contribution in [0.25, 0.3) is 0 Å². The predicted octanol–water partition coefficient (Wildman–Crippen LogP) is 2.02. The molecule has 1 aliphatic heterocycles. The summed E-state index contributed by atoms with van der Waals surface area (Å²) in [6.45, 7) is 6.51. The fourth-order valence-electron chi connectivity index (χ4n) is 1.92. The normalized spacial score (nSPS) is 22.4. The number of aromatic nitrogens is 2. The molecule has 0 amide bonds. The molecule has 2 heterocycles. The number of piperidine rings is 1. The van der Waals surface area contributed by atoms with Gasteiger partial charge in [0, 0.05) is 25.5 Å². The van der Waals surface area contributed by atoms with E-state index in [0.717, 1.165) is 30.5 Å². The van der Waals surface area contributed by atoms with Crippen LogP contribution in [-0.4, -0.2) is 23.1 Å². The van der Waals surface area contributed by atoms with E-state index in [1.807, 2.05) is 19.3 Å². The van der Waals surface area contributed by atoms with Crippen molar-refractivity contribution < 1.29 is 0 Å². The molecule has 14 heavy (non-hydrogen) atoms. The maximum atomic E-state index is 4.35. The average molecular weight is 191 g/mol. The molecule has 0 saturated carbocycles. The summed E-state index contributed by atoms with van der Waals surface area (Å²) >= 11 is 0. The second-order valence-corrected chi connectivity index (χ2v) is 4.25. The molecular weight excluding hydrogens is 174 g/mol. The monoisotopic (exact) mass is 191 g/mol. The molecule has 1 unspecified atom stereocenters. The fraction of sp³-hybridized carbons (Fsp3) is 0.636. The first-order valence-electron chi connectivity index (χ1n) is 5.29. The van der Waals surface area contributed by atoms with Gasteiger partial charge in [-0.3, -0.25) is 0 Å². The van der Waals surface area contributed by atoms with Gasteiger partial charge in [-0.25, -0.2) is 9.97 Å². The predicted molar refractivity (Wildman–Crippen MR) is 57.4 cm³/mol. The van der Waals surface area contributed by atoms with Crippen LogP contribution in [0.1, 0.15) is 25.3 Å². The Kier molecular flexibility index (Phi) is 2.66. The molecule has 3 heteroatoms. The van der Waals surface area contributed by atoms with Crippen LogP contribution in [-0.2, 0) is 0 Å². The summed E-state index contributed by atoms with van der Waals surface area (Å²) in [5.41, 5.74) is 1.12. The van der Waals surface area contributed by atoms with Crippen LogP contribution in [0.15, 0.2) is 12.4 Å². The van der Waals surface area contributed by atoms with Crippen LogP contribution in [0.5, 0.6) is 0 Å². The number of anilines is 1. The fourth-order valence-corrected chi connectivity index (χ4v) is 1.92. The summed E-state index contributed by atoms with van der Waals surface area (Å²) in [6, 6.07) is 0. The molecule has 1 aliphatic rings. The van der Waals surface area contributed by atoms with E-state index in [0.29, 0.717) is 0 Å². The van der Waals surface area contributed by atoms with E-state index in [1.165, 1.54) is 12.8 Å².